The Balaban J connectivity index is 2.00. The second-order valence-electron chi connectivity index (χ2n) is 4.39. The number of piperidine rings is 1. The first-order valence-corrected chi connectivity index (χ1v) is 5.15. The predicted molar refractivity (Wildman–Crippen MR) is 50.8 cm³/mol. The van der Waals surface area contributed by atoms with E-state index in [0.29, 0.717) is 6.04 Å². The molecular weight excluding hydrogens is 182 g/mol. The molecule has 2 fully saturated rings. The average Bonchev–Trinajstić information content (AvgIpc) is 2.29. The van der Waals surface area contributed by atoms with Crippen LogP contribution in [0.15, 0.2) is 0 Å². The van der Waals surface area contributed by atoms with Crippen LogP contribution in [0.4, 0.5) is 0 Å². The number of nitrogens with zero attached hydrogens (tertiary/aromatic N) is 1. The molecule has 4 atom stereocenters. The Hall–Kier alpha value is -0.610. The lowest BCUT2D eigenvalue weighted by atomic mass is 10.0. The highest BCUT2D eigenvalue weighted by atomic mass is 16.5. The molecule has 80 valence electrons. The van der Waals surface area contributed by atoms with Gasteiger partial charge in [-0.25, -0.2) is 0 Å². The number of esters is 1. The number of ether oxygens (including phenoxy) is 1. The van der Waals surface area contributed by atoms with Crippen molar-refractivity contribution in [1.82, 2.24) is 4.90 Å². The van der Waals surface area contributed by atoms with Crippen LogP contribution in [0.5, 0.6) is 0 Å². The Labute approximate surface area is 83.8 Å². The highest BCUT2D eigenvalue weighted by Crippen LogP contribution is 2.35. The van der Waals surface area contributed by atoms with E-state index in [0.717, 1.165) is 19.3 Å². The van der Waals surface area contributed by atoms with Crippen LogP contribution in [0, 0.1) is 0 Å². The molecule has 2 aliphatic rings. The Morgan fingerprint density at radius 3 is 2.71 bits per heavy atom. The Bertz CT molecular complexity index is 244. The molecule has 1 N–H and O–H groups in total. The van der Waals surface area contributed by atoms with Crippen molar-refractivity contribution in [3.8, 4) is 0 Å². The predicted octanol–water partition coefficient (Wildman–Crippen LogP) is 0.145. The van der Waals surface area contributed by atoms with Crippen molar-refractivity contribution in [1.29, 1.82) is 0 Å². The maximum Gasteiger partial charge on any atom is 0.302 e. The van der Waals surface area contributed by atoms with Gasteiger partial charge in [0.05, 0.1) is 6.10 Å². The number of hydrogen-bond acceptors (Lipinski definition) is 4. The number of fused-ring (bicyclic) bond motifs is 2. The van der Waals surface area contributed by atoms with E-state index < -0.39 is 0 Å². The van der Waals surface area contributed by atoms with Crippen LogP contribution in [0.1, 0.15) is 26.2 Å². The summed E-state index contributed by atoms with van der Waals surface area (Å²) in [5, 5.41) is 9.74. The molecule has 0 aromatic carbocycles. The molecule has 0 spiro atoms. The lowest BCUT2D eigenvalue weighted by Crippen LogP contribution is -2.45. The Morgan fingerprint density at radius 1 is 1.43 bits per heavy atom. The van der Waals surface area contributed by atoms with Gasteiger partial charge in [-0.15, -0.1) is 0 Å². The van der Waals surface area contributed by atoms with Crippen LogP contribution in [-0.2, 0) is 9.53 Å². The van der Waals surface area contributed by atoms with Gasteiger partial charge in [0.15, 0.2) is 0 Å². The normalized spacial score (nSPS) is 42.5. The highest BCUT2D eigenvalue weighted by molar-refractivity contribution is 5.66. The largest absolute Gasteiger partial charge is 0.462 e. The van der Waals surface area contributed by atoms with E-state index in [9.17, 15) is 9.90 Å². The van der Waals surface area contributed by atoms with Crippen molar-refractivity contribution in [3.63, 3.8) is 0 Å². The molecule has 0 radical (unpaired) electrons. The number of rotatable bonds is 1. The summed E-state index contributed by atoms with van der Waals surface area (Å²) in [5.41, 5.74) is 0. The van der Waals surface area contributed by atoms with Crippen LogP contribution < -0.4 is 0 Å². The summed E-state index contributed by atoms with van der Waals surface area (Å²) in [5.74, 6) is -0.214. The summed E-state index contributed by atoms with van der Waals surface area (Å²) in [7, 11) is 2.04. The van der Waals surface area contributed by atoms with Gasteiger partial charge in [0.25, 0.3) is 0 Å². The van der Waals surface area contributed by atoms with Crippen molar-refractivity contribution < 1.29 is 14.6 Å². The van der Waals surface area contributed by atoms with Gasteiger partial charge < -0.3 is 9.84 Å². The van der Waals surface area contributed by atoms with E-state index in [4.69, 9.17) is 4.74 Å². The van der Waals surface area contributed by atoms with Crippen LogP contribution >= 0.6 is 0 Å². The summed E-state index contributed by atoms with van der Waals surface area (Å²) in [4.78, 5) is 13.0. The fourth-order valence-electron chi connectivity index (χ4n) is 2.73. The minimum Gasteiger partial charge on any atom is -0.462 e. The van der Waals surface area contributed by atoms with E-state index in [-0.39, 0.29) is 24.2 Å². The third-order valence-electron chi connectivity index (χ3n) is 3.43. The number of carbonyl (C=O) groups is 1. The second-order valence-corrected chi connectivity index (χ2v) is 4.39. The third-order valence-corrected chi connectivity index (χ3v) is 3.43. The third kappa shape index (κ3) is 1.64. The first kappa shape index (κ1) is 9.93. The molecule has 2 aliphatic heterocycles. The van der Waals surface area contributed by atoms with Crippen molar-refractivity contribution in [2.24, 2.45) is 0 Å². The van der Waals surface area contributed by atoms with Crippen molar-refractivity contribution in [3.05, 3.63) is 0 Å². The summed E-state index contributed by atoms with van der Waals surface area (Å²) in [6.07, 6.45) is 2.22. The zero-order valence-corrected chi connectivity index (χ0v) is 8.64. The molecule has 14 heavy (non-hydrogen) atoms. The number of aliphatic hydroxyl groups is 1. The molecule has 4 heteroatoms. The first-order valence-electron chi connectivity index (χ1n) is 5.15. The molecule has 0 aromatic rings. The number of aliphatic hydroxyl groups excluding tert-OH is 1. The monoisotopic (exact) mass is 199 g/mol. The Kier molecular flexibility index (Phi) is 2.49. The topological polar surface area (TPSA) is 49.8 Å². The molecule has 0 aromatic heterocycles. The van der Waals surface area contributed by atoms with Gasteiger partial charge in [-0.1, -0.05) is 0 Å². The van der Waals surface area contributed by atoms with Crippen LogP contribution in [0.25, 0.3) is 0 Å². The van der Waals surface area contributed by atoms with Gasteiger partial charge in [0, 0.05) is 31.8 Å². The molecule has 2 rings (SSSR count). The molecule has 0 amide bonds. The SMILES string of the molecule is CC(=O)OC1C[C@H]2CC(O)[C@@H](C1)N2C. The molecule has 4 nitrogen and oxygen atoms in total. The molecule has 0 saturated carbocycles. The van der Waals surface area contributed by atoms with E-state index in [2.05, 4.69) is 4.90 Å². The second kappa shape index (κ2) is 3.51. The molecule has 2 saturated heterocycles. The summed E-state index contributed by atoms with van der Waals surface area (Å²) < 4.78 is 5.19. The quantitative estimate of drug-likeness (QED) is 0.610. The number of likely N-dealkylation sites (N-methyl/N-ethyl adjacent to an activating group) is 1. The minimum absolute atomic E-state index is 0.0100. The van der Waals surface area contributed by atoms with Gasteiger partial charge in [0.2, 0.25) is 0 Å². The standard InChI is InChI=1S/C10H17NO3/c1-6(12)14-8-3-7-4-10(13)9(5-8)11(7)2/h7-10,13H,3-5H2,1-2H3/t7-,8?,9+,10?/m0/s1. The number of carbonyl (C=O) groups excluding carboxylic acids is 1. The fourth-order valence-corrected chi connectivity index (χ4v) is 2.73. The first-order chi connectivity index (χ1) is 6.58. The minimum atomic E-state index is -0.245. The maximum atomic E-state index is 10.8. The van der Waals surface area contributed by atoms with E-state index in [1.807, 2.05) is 7.05 Å². The van der Waals surface area contributed by atoms with Crippen molar-refractivity contribution in [2.75, 3.05) is 7.05 Å². The molecule has 2 heterocycles. The van der Waals surface area contributed by atoms with Crippen LogP contribution in [-0.4, -0.2) is 47.3 Å². The summed E-state index contributed by atoms with van der Waals surface area (Å²) in [6.45, 7) is 1.44. The van der Waals surface area contributed by atoms with E-state index >= 15 is 0 Å². The van der Waals surface area contributed by atoms with Gasteiger partial charge in [-0.3, -0.25) is 9.69 Å². The maximum absolute atomic E-state index is 10.8. The van der Waals surface area contributed by atoms with Gasteiger partial charge in [-0.05, 0) is 13.5 Å². The van der Waals surface area contributed by atoms with Crippen molar-refractivity contribution >= 4 is 5.97 Å². The van der Waals surface area contributed by atoms with Gasteiger partial charge >= 0.3 is 5.97 Å². The molecule has 2 bridgehead atoms. The molecule has 2 unspecified atom stereocenters. The summed E-state index contributed by atoms with van der Waals surface area (Å²) >= 11 is 0. The fraction of sp³-hybridized carbons (Fsp3) is 0.900. The zero-order valence-electron chi connectivity index (χ0n) is 8.64. The van der Waals surface area contributed by atoms with Gasteiger partial charge in [-0.2, -0.15) is 0 Å². The zero-order chi connectivity index (χ0) is 10.3. The van der Waals surface area contributed by atoms with Crippen LogP contribution in [0.3, 0.4) is 0 Å². The number of hydrogen-bond donors (Lipinski definition) is 1. The van der Waals surface area contributed by atoms with E-state index in [1.165, 1.54) is 6.92 Å². The lowest BCUT2D eigenvalue weighted by Gasteiger charge is -2.35. The summed E-state index contributed by atoms with van der Waals surface area (Å²) in [6, 6.07) is 0.561. The average molecular weight is 199 g/mol. The molecule has 0 aliphatic carbocycles. The van der Waals surface area contributed by atoms with E-state index in [1.54, 1.807) is 0 Å². The smallest absolute Gasteiger partial charge is 0.302 e. The van der Waals surface area contributed by atoms with Gasteiger partial charge in [0.1, 0.15) is 6.10 Å². The van der Waals surface area contributed by atoms with Crippen molar-refractivity contribution in [2.45, 2.75) is 50.5 Å². The Morgan fingerprint density at radius 2 is 2.14 bits per heavy atom. The highest BCUT2D eigenvalue weighted by Gasteiger charge is 2.45. The van der Waals surface area contributed by atoms with Crippen LogP contribution in [0.2, 0.25) is 0 Å². The molecular formula is C10H17NO3. The lowest BCUT2D eigenvalue weighted by molar-refractivity contribution is -0.149.